The maximum atomic E-state index is 10.9. The Morgan fingerprint density at radius 3 is 1.75 bits per heavy atom. The van der Waals surface area contributed by atoms with Crippen LogP contribution >= 0.6 is 0 Å². The maximum Gasteiger partial charge on any atom is 0.130 e. The van der Waals surface area contributed by atoms with Crippen molar-refractivity contribution in [2.45, 2.75) is 104 Å². The average molecular weight is 280 g/mol. The van der Waals surface area contributed by atoms with Crippen LogP contribution in [0.1, 0.15) is 104 Å². The second-order valence-corrected chi connectivity index (χ2v) is 6.22. The summed E-state index contributed by atoms with van der Waals surface area (Å²) >= 11 is 0. The highest BCUT2D eigenvalue weighted by molar-refractivity contribution is 5.75. The zero-order chi connectivity index (χ0) is 15.1. The molecule has 0 aliphatic carbocycles. The molecule has 0 saturated heterocycles. The first-order valence-corrected chi connectivity index (χ1v) is 8.82. The lowest BCUT2D eigenvalue weighted by Gasteiger charge is -2.02. The van der Waals surface area contributed by atoms with Crippen molar-refractivity contribution in [1.29, 1.82) is 0 Å². The van der Waals surface area contributed by atoms with E-state index in [9.17, 15) is 4.79 Å². The summed E-state index contributed by atoms with van der Waals surface area (Å²) in [5.41, 5.74) is 1.39. The summed E-state index contributed by atoms with van der Waals surface area (Å²) in [4.78, 5) is 10.9. The largest absolute Gasteiger partial charge is 0.300 e. The minimum absolute atomic E-state index is 0.302. The van der Waals surface area contributed by atoms with Crippen LogP contribution in [-0.4, -0.2) is 5.78 Å². The zero-order valence-corrected chi connectivity index (χ0v) is 14.2. The molecule has 20 heavy (non-hydrogen) atoms. The van der Waals surface area contributed by atoms with Crippen LogP contribution in [0, 0.1) is 0 Å². The van der Waals surface area contributed by atoms with Crippen molar-refractivity contribution in [2.24, 2.45) is 0 Å². The Morgan fingerprint density at radius 1 is 0.750 bits per heavy atom. The molecule has 0 bridgehead atoms. The molecule has 0 aliphatic heterocycles. The van der Waals surface area contributed by atoms with E-state index in [1.165, 1.54) is 76.2 Å². The summed E-state index contributed by atoms with van der Waals surface area (Å²) in [6.45, 7) is 6.10. The Bertz CT molecular complexity index is 252. The van der Waals surface area contributed by atoms with Crippen molar-refractivity contribution < 1.29 is 4.79 Å². The molecule has 1 heteroatoms. The predicted molar refractivity (Wildman–Crippen MR) is 90.1 cm³/mol. The lowest BCUT2D eigenvalue weighted by Crippen LogP contribution is -1.90. The molecule has 1 nitrogen and oxygen atoms in total. The molecule has 0 aromatic rings. The summed E-state index contributed by atoms with van der Waals surface area (Å²) in [6.07, 6.45) is 19.2. The van der Waals surface area contributed by atoms with Crippen molar-refractivity contribution in [3.8, 4) is 0 Å². The van der Waals surface area contributed by atoms with Gasteiger partial charge in [0.15, 0.2) is 0 Å². The monoisotopic (exact) mass is 280 g/mol. The quantitative estimate of drug-likeness (QED) is 0.258. The minimum Gasteiger partial charge on any atom is -0.300 e. The fraction of sp³-hybridized carbons (Fsp3) is 0.842. The summed E-state index contributed by atoms with van der Waals surface area (Å²) in [7, 11) is 0. The molecular weight excluding hydrogens is 244 g/mol. The minimum atomic E-state index is 0.302. The van der Waals surface area contributed by atoms with E-state index < -0.39 is 0 Å². The molecule has 0 saturated carbocycles. The molecule has 0 atom stereocenters. The van der Waals surface area contributed by atoms with Crippen molar-refractivity contribution in [1.82, 2.24) is 0 Å². The van der Waals surface area contributed by atoms with Gasteiger partial charge in [0.1, 0.15) is 5.78 Å². The molecule has 0 unspecified atom stereocenters. The Labute approximate surface area is 127 Å². The van der Waals surface area contributed by atoms with E-state index in [0.29, 0.717) is 12.2 Å². The highest BCUT2D eigenvalue weighted by atomic mass is 16.1. The molecule has 0 fully saturated rings. The topological polar surface area (TPSA) is 17.1 Å². The summed E-state index contributed by atoms with van der Waals surface area (Å²) in [6, 6.07) is 0. The SMILES string of the molecule is CCCCCCCCCCCCC=C(C)CCC(C)=O. The Kier molecular flexibility index (Phi) is 14.4. The van der Waals surface area contributed by atoms with E-state index in [1.54, 1.807) is 6.92 Å². The third-order valence-electron chi connectivity index (χ3n) is 3.92. The van der Waals surface area contributed by atoms with E-state index in [-0.39, 0.29) is 0 Å². The molecule has 0 aromatic heterocycles. The number of allylic oxidation sites excluding steroid dienone is 2. The van der Waals surface area contributed by atoms with Crippen LogP contribution in [0.2, 0.25) is 0 Å². The summed E-state index contributed by atoms with van der Waals surface area (Å²) in [5.74, 6) is 0.302. The van der Waals surface area contributed by atoms with Gasteiger partial charge in [0, 0.05) is 6.42 Å². The van der Waals surface area contributed by atoms with Gasteiger partial charge in [-0.25, -0.2) is 0 Å². The molecule has 0 spiro atoms. The van der Waals surface area contributed by atoms with Crippen LogP contribution in [0.4, 0.5) is 0 Å². The average Bonchev–Trinajstić information content (AvgIpc) is 2.42. The molecule has 0 rings (SSSR count). The number of rotatable bonds is 14. The first-order valence-electron chi connectivity index (χ1n) is 8.82. The molecule has 0 radical (unpaired) electrons. The lowest BCUT2D eigenvalue weighted by atomic mass is 10.0. The van der Waals surface area contributed by atoms with Crippen LogP contribution in [0.3, 0.4) is 0 Å². The van der Waals surface area contributed by atoms with Gasteiger partial charge >= 0.3 is 0 Å². The van der Waals surface area contributed by atoms with E-state index in [0.717, 1.165) is 6.42 Å². The first kappa shape index (κ1) is 19.4. The number of unbranched alkanes of at least 4 members (excludes halogenated alkanes) is 10. The van der Waals surface area contributed by atoms with Gasteiger partial charge < -0.3 is 4.79 Å². The number of hydrogen-bond acceptors (Lipinski definition) is 1. The van der Waals surface area contributed by atoms with Gasteiger partial charge in [-0.3, -0.25) is 0 Å². The molecular formula is C19H36O. The number of carbonyl (C=O) groups excluding carboxylic acids is 1. The van der Waals surface area contributed by atoms with Gasteiger partial charge in [-0.15, -0.1) is 0 Å². The number of carbonyl (C=O) groups is 1. The third kappa shape index (κ3) is 15.5. The van der Waals surface area contributed by atoms with Crippen molar-refractivity contribution in [3.05, 3.63) is 11.6 Å². The third-order valence-corrected chi connectivity index (χ3v) is 3.92. The predicted octanol–water partition coefficient (Wildman–Crippen LogP) is 6.61. The fourth-order valence-corrected chi connectivity index (χ4v) is 2.46. The van der Waals surface area contributed by atoms with Gasteiger partial charge in [-0.1, -0.05) is 76.4 Å². The second kappa shape index (κ2) is 14.8. The normalized spacial score (nSPS) is 11.8. The molecule has 0 aliphatic rings. The molecule has 0 N–H and O–H groups in total. The van der Waals surface area contributed by atoms with E-state index in [4.69, 9.17) is 0 Å². The van der Waals surface area contributed by atoms with Crippen molar-refractivity contribution in [2.75, 3.05) is 0 Å². The van der Waals surface area contributed by atoms with Crippen LogP contribution < -0.4 is 0 Å². The molecule has 0 heterocycles. The molecule has 0 aromatic carbocycles. The van der Waals surface area contributed by atoms with Gasteiger partial charge in [-0.2, -0.15) is 0 Å². The van der Waals surface area contributed by atoms with Gasteiger partial charge in [-0.05, 0) is 33.1 Å². The van der Waals surface area contributed by atoms with E-state index in [2.05, 4.69) is 19.9 Å². The van der Waals surface area contributed by atoms with Crippen LogP contribution in [0.25, 0.3) is 0 Å². The number of Topliss-reactive ketones (excluding diaryl/α,β-unsaturated/α-hetero) is 1. The highest BCUT2D eigenvalue weighted by Gasteiger charge is 1.95. The maximum absolute atomic E-state index is 10.9. The Hall–Kier alpha value is -0.590. The Balaban J connectivity index is 3.23. The second-order valence-electron chi connectivity index (χ2n) is 6.22. The van der Waals surface area contributed by atoms with Crippen LogP contribution in [0.5, 0.6) is 0 Å². The van der Waals surface area contributed by atoms with Crippen molar-refractivity contribution in [3.63, 3.8) is 0 Å². The Morgan fingerprint density at radius 2 is 1.25 bits per heavy atom. The zero-order valence-electron chi connectivity index (χ0n) is 14.2. The van der Waals surface area contributed by atoms with Crippen LogP contribution in [0.15, 0.2) is 11.6 Å². The van der Waals surface area contributed by atoms with Crippen LogP contribution in [-0.2, 0) is 4.79 Å². The highest BCUT2D eigenvalue weighted by Crippen LogP contribution is 2.12. The standard InChI is InChI=1S/C19H36O/c1-4-5-6-7-8-9-10-11-12-13-14-15-18(2)16-17-19(3)20/h15H,4-14,16-17H2,1-3H3. The molecule has 0 amide bonds. The summed E-state index contributed by atoms with van der Waals surface area (Å²) in [5, 5.41) is 0. The summed E-state index contributed by atoms with van der Waals surface area (Å²) < 4.78 is 0. The number of ketones is 1. The van der Waals surface area contributed by atoms with Gasteiger partial charge in [0.05, 0.1) is 0 Å². The van der Waals surface area contributed by atoms with Gasteiger partial charge in [0.25, 0.3) is 0 Å². The number of hydrogen-bond donors (Lipinski definition) is 0. The van der Waals surface area contributed by atoms with Gasteiger partial charge in [0.2, 0.25) is 0 Å². The fourth-order valence-electron chi connectivity index (χ4n) is 2.46. The lowest BCUT2D eigenvalue weighted by molar-refractivity contribution is -0.116. The first-order chi connectivity index (χ1) is 9.66. The van der Waals surface area contributed by atoms with E-state index >= 15 is 0 Å². The van der Waals surface area contributed by atoms with E-state index in [1.807, 2.05) is 0 Å². The molecule has 118 valence electrons. The van der Waals surface area contributed by atoms with Crippen molar-refractivity contribution >= 4 is 5.78 Å². The smallest absolute Gasteiger partial charge is 0.130 e.